The van der Waals surface area contributed by atoms with Crippen LogP contribution in [0.25, 0.3) is 10.1 Å². The number of hydrogen-bond acceptors (Lipinski definition) is 3. The fourth-order valence-corrected chi connectivity index (χ4v) is 11.6. The van der Waals surface area contributed by atoms with Crippen molar-refractivity contribution in [2.24, 2.45) is 5.41 Å². The van der Waals surface area contributed by atoms with Crippen molar-refractivity contribution in [2.75, 3.05) is 9.80 Å². The first-order chi connectivity index (χ1) is 39.3. The standard InChI is InChI=1S/C56H67BN2S/c1-30(2)37-24-40(32(5)6)52(41(25-37)33(7)8)58-47-19-17-16-18-45(47)57-46-21-20-39-44-28-56(14,15)29-50(44)60-55(39)54(46)59(49-23-36(13)22-48(58)51(49)57)53-42(34(9)10)26-38(31(3)4)27-43(53)35(11)12/h16-27,30-35H,28-29H2,1-15H3/i1D3,3D3,4D3,5D3,6D3,7D3,9D3,11D3,13D3. The molecule has 0 radical (unpaired) electrons. The van der Waals surface area contributed by atoms with Gasteiger partial charge in [-0.2, -0.15) is 0 Å². The van der Waals surface area contributed by atoms with Crippen LogP contribution in [0.5, 0.6) is 0 Å². The molecule has 0 spiro atoms. The van der Waals surface area contributed by atoms with Crippen molar-refractivity contribution < 1.29 is 37.0 Å². The first-order valence-corrected chi connectivity index (χ1v) is 21.4. The molecule has 0 fully saturated rings. The third-order valence-corrected chi connectivity index (χ3v) is 13.9. The number of anilines is 6. The first-order valence-electron chi connectivity index (χ1n) is 34.1. The molecule has 9 rings (SSSR count). The summed E-state index contributed by atoms with van der Waals surface area (Å²) in [5.74, 6) is -11.1. The quantitative estimate of drug-likeness (QED) is 0.141. The van der Waals surface area contributed by atoms with Gasteiger partial charge in [-0.05, 0) is 145 Å². The van der Waals surface area contributed by atoms with Crippen molar-refractivity contribution in [3.05, 3.63) is 122 Å². The number of rotatable bonds is 8. The van der Waals surface area contributed by atoms with E-state index in [1.54, 1.807) is 29.2 Å². The maximum Gasteiger partial charge on any atom is 0.252 e. The molecule has 0 bridgehead atoms. The summed E-state index contributed by atoms with van der Waals surface area (Å²) >= 11 is 1.44. The molecule has 60 heavy (non-hydrogen) atoms. The van der Waals surface area contributed by atoms with Gasteiger partial charge in [0.15, 0.2) is 0 Å². The lowest BCUT2D eigenvalue weighted by molar-refractivity contribution is 0.394. The molecule has 4 heteroatoms. The SMILES string of the molecule is [2H]C([2H])([2H])c1cc2c3c(c1)N(c1c(C(C)C([2H])([2H])[2H])cc(C(C([2H])([2H])[2H])C([2H])([2H])[2H])cc1C(C)C([2H])([2H])[2H])c1c(ccc4c5c(sc14)CC(C)(C)C5)B3c1ccccc1N2c1c(C(C)C([2H])([2H])[2H])cc(C(C)C([2H])([2H])[2H])cc1C(C([2H])([2H])[2H])C([2H])([2H])[2H]. The summed E-state index contributed by atoms with van der Waals surface area (Å²) in [5, 5.41) is 0.780. The summed E-state index contributed by atoms with van der Waals surface area (Å²) in [7, 11) is 0. The second-order valence-corrected chi connectivity index (χ2v) is 18.9. The van der Waals surface area contributed by atoms with Gasteiger partial charge in [0.1, 0.15) is 0 Å². The molecule has 3 aliphatic rings. The van der Waals surface area contributed by atoms with Gasteiger partial charge < -0.3 is 9.80 Å². The Hall–Kier alpha value is -4.28. The minimum Gasteiger partial charge on any atom is -0.311 e. The molecule has 1 aliphatic carbocycles. The number of thiophene rings is 1. The second kappa shape index (κ2) is 14.7. The van der Waals surface area contributed by atoms with Crippen molar-refractivity contribution in [3.63, 3.8) is 0 Å². The van der Waals surface area contributed by atoms with Gasteiger partial charge in [0, 0.05) is 58.9 Å². The molecule has 1 aromatic heterocycles. The predicted molar refractivity (Wildman–Crippen MR) is 266 cm³/mol. The monoisotopic (exact) mass is 838 g/mol. The molecule has 0 saturated carbocycles. The molecule has 5 aromatic carbocycles. The van der Waals surface area contributed by atoms with E-state index in [4.69, 9.17) is 32.9 Å². The number of para-hydroxylation sites is 1. The van der Waals surface area contributed by atoms with Gasteiger partial charge in [0.25, 0.3) is 6.71 Å². The van der Waals surface area contributed by atoms with E-state index >= 15 is 0 Å². The highest BCUT2D eigenvalue weighted by Gasteiger charge is 2.46. The van der Waals surface area contributed by atoms with Crippen LogP contribution in [0.3, 0.4) is 0 Å². The third kappa shape index (κ3) is 6.32. The maximum absolute atomic E-state index is 9.24. The molecule has 3 heterocycles. The Morgan fingerprint density at radius 2 is 1.15 bits per heavy atom. The molecule has 2 aliphatic heterocycles. The fourth-order valence-electron chi connectivity index (χ4n) is 10.0. The first kappa shape index (κ1) is 20.3. The molecule has 310 valence electrons. The fraction of sp³-hybridized carbons (Fsp3) is 0.429. The lowest BCUT2D eigenvalue weighted by Gasteiger charge is -2.46. The third-order valence-electron chi connectivity index (χ3n) is 12.6. The Bertz CT molecular complexity index is 3610. The van der Waals surface area contributed by atoms with Gasteiger partial charge in [-0.15, -0.1) is 11.3 Å². The zero-order valence-corrected chi connectivity index (χ0v) is 35.5. The highest BCUT2D eigenvalue weighted by atomic mass is 32.1. The van der Waals surface area contributed by atoms with Gasteiger partial charge in [-0.3, -0.25) is 0 Å². The van der Waals surface area contributed by atoms with Crippen molar-refractivity contribution in [3.8, 4) is 0 Å². The number of aryl methyl sites for hydroxylation is 1. The molecule has 6 aromatic rings. The van der Waals surface area contributed by atoms with Crippen LogP contribution in [-0.4, -0.2) is 6.71 Å². The molecule has 4 unspecified atom stereocenters. The zero-order valence-electron chi connectivity index (χ0n) is 61.7. The Morgan fingerprint density at radius 1 is 0.583 bits per heavy atom. The summed E-state index contributed by atoms with van der Waals surface area (Å²) < 4.78 is 240. The van der Waals surface area contributed by atoms with Crippen LogP contribution in [0.2, 0.25) is 0 Å². The lowest BCUT2D eigenvalue weighted by atomic mass is 9.33. The Kier molecular flexibility index (Phi) is 4.96. The zero-order chi connectivity index (χ0) is 65.3. The van der Waals surface area contributed by atoms with E-state index in [0.717, 1.165) is 21.9 Å². The highest BCUT2D eigenvalue weighted by Crippen LogP contribution is 2.55. The summed E-state index contributed by atoms with van der Waals surface area (Å²) in [6.45, 7) is -19.6. The average Bonchev–Trinajstić information content (AvgIpc) is 1.46. The number of nitrogens with zero attached hydrogens (tertiary/aromatic N) is 2. The van der Waals surface area contributed by atoms with E-state index in [9.17, 15) is 4.11 Å². The van der Waals surface area contributed by atoms with Crippen molar-refractivity contribution >= 4 is 78.6 Å². The molecule has 0 saturated heterocycles. The molecule has 0 amide bonds. The van der Waals surface area contributed by atoms with Crippen molar-refractivity contribution in [1.29, 1.82) is 0 Å². The second-order valence-electron chi connectivity index (χ2n) is 17.8. The average molecular weight is 838 g/mol. The summed E-state index contributed by atoms with van der Waals surface area (Å²) in [6.07, 6.45) is 1.27. The van der Waals surface area contributed by atoms with Crippen LogP contribution < -0.4 is 26.2 Å². The van der Waals surface area contributed by atoms with Crippen LogP contribution in [0.15, 0.2) is 72.8 Å². The van der Waals surface area contributed by atoms with Crippen LogP contribution in [0.4, 0.5) is 34.1 Å². The van der Waals surface area contributed by atoms with Gasteiger partial charge >= 0.3 is 0 Å². The smallest absolute Gasteiger partial charge is 0.252 e. The van der Waals surface area contributed by atoms with E-state index in [1.165, 1.54) is 74.3 Å². The molecular weight excluding hydrogens is 744 g/mol. The van der Waals surface area contributed by atoms with Crippen molar-refractivity contribution in [2.45, 2.75) is 152 Å². The van der Waals surface area contributed by atoms with Crippen LogP contribution >= 0.6 is 11.3 Å². The van der Waals surface area contributed by atoms with E-state index in [0.29, 0.717) is 34.2 Å². The molecule has 4 atom stereocenters. The van der Waals surface area contributed by atoms with Gasteiger partial charge in [-0.25, -0.2) is 0 Å². The normalized spacial score (nSPS) is 25.7. The summed E-state index contributed by atoms with van der Waals surface area (Å²) in [4.78, 5) is 4.05. The molecule has 0 N–H and O–H groups in total. The van der Waals surface area contributed by atoms with Crippen LogP contribution in [0, 0.1) is 12.3 Å². The van der Waals surface area contributed by atoms with Gasteiger partial charge in [-0.1, -0.05) is 151 Å². The minimum atomic E-state index is -3.41. The highest BCUT2D eigenvalue weighted by molar-refractivity contribution is 7.20. The lowest BCUT2D eigenvalue weighted by Crippen LogP contribution is -2.61. The van der Waals surface area contributed by atoms with E-state index < -0.39 is 121 Å². The van der Waals surface area contributed by atoms with Gasteiger partial charge in [0.05, 0.1) is 21.8 Å². The van der Waals surface area contributed by atoms with Crippen LogP contribution in [0.1, 0.15) is 218 Å². The van der Waals surface area contributed by atoms with E-state index in [1.807, 2.05) is 12.1 Å². The largest absolute Gasteiger partial charge is 0.311 e. The molecular formula is C56H67BN2S. The predicted octanol–water partition coefficient (Wildman–Crippen LogP) is 15.2. The number of hydrogen-bond donors (Lipinski definition) is 0. The summed E-state index contributed by atoms with van der Waals surface area (Å²) in [5.41, 5.74) is 0.00129. The van der Waals surface area contributed by atoms with Crippen molar-refractivity contribution in [1.82, 2.24) is 0 Å². The van der Waals surface area contributed by atoms with E-state index in [2.05, 4.69) is 13.8 Å². The Morgan fingerprint density at radius 3 is 1.77 bits per heavy atom. The topological polar surface area (TPSA) is 6.48 Å². The number of fused-ring (bicyclic) bond motifs is 8. The Balaban J connectivity index is 1.58. The van der Waals surface area contributed by atoms with Gasteiger partial charge in [0.2, 0.25) is 0 Å². The maximum atomic E-state index is 9.24. The number of benzene rings is 5. The minimum absolute atomic E-state index is 0.00579. The van der Waals surface area contributed by atoms with Crippen LogP contribution in [-0.2, 0) is 12.8 Å². The molecule has 2 nitrogen and oxygen atoms in total. The van der Waals surface area contributed by atoms with E-state index in [-0.39, 0.29) is 61.6 Å². The Labute approximate surface area is 404 Å². The summed E-state index contributed by atoms with van der Waals surface area (Å²) in [6, 6.07) is 18.0.